The molecule has 4 nitrogen and oxygen atoms in total. The Kier molecular flexibility index (Phi) is 3.05. The molecule has 86 valence electrons. The molecule has 0 aliphatic carbocycles. The van der Waals surface area contributed by atoms with E-state index in [1.54, 1.807) is 12.1 Å². The minimum atomic E-state index is -0.500. The van der Waals surface area contributed by atoms with E-state index in [4.69, 9.17) is 10.5 Å². The number of carbonyl (C=O) groups is 1. The first-order chi connectivity index (χ1) is 8.16. The molecular formula is C13H12N2O2. The van der Waals surface area contributed by atoms with Crippen molar-refractivity contribution in [3.8, 4) is 11.6 Å². The monoisotopic (exact) mass is 228 g/mol. The number of carbonyl (C=O) groups excluding carboxylic acids is 1. The molecule has 0 atom stereocenters. The van der Waals surface area contributed by atoms with E-state index in [0.717, 1.165) is 11.3 Å². The number of nitrogens with zero attached hydrogens (tertiary/aromatic N) is 1. The lowest BCUT2D eigenvalue weighted by atomic mass is 10.2. The standard InChI is InChI=1S/C13H12N2O2/c1-9-4-2-3-5-11(9)17-12-7-6-10(8-15-12)13(14)16/h2-8H,1H3,(H2,14,16). The van der Waals surface area contributed by atoms with E-state index in [-0.39, 0.29) is 0 Å². The van der Waals surface area contributed by atoms with Crippen molar-refractivity contribution in [2.75, 3.05) is 0 Å². The van der Waals surface area contributed by atoms with Crippen LogP contribution in [0.25, 0.3) is 0 Å². The first-order valence-electron chi connectivity index (χ1n) is 5.16. The fourth-order valence-corrected chi connectivity index (χ4v) is 1.37. The van der Waals surface area contributed by atoms with Crippen LogP contribution >= 0.6 is 0 Å². The molecule has 0 aliphatic heterocycles. The van der Waals surface area contributed by atoms with Crippen LogP contribution in [0.15, 0.2) is 42.6 Å². The van der Waals surface area contributed by atoms with Crippen molar-refractivity contribution < 1.29 is 9.53 Å². The van der Waals surface area contributed by atoms with Crippen LogP contribution < -0.4 is 10.5 Å². The molecule has 0 bridgehead atoms. The molecule has 2 rings (SSSR count). The van der Waals surface area contributed by atoms with Crippen LogP contribution in [0.4, 0.5) is 0 Å². The van der Waals surface area contributed by atoms with Gasteiger partial charge < -0.3 is 10.5 Å². The molecule has 1 amide bonds. The van der Waals surface area contributed by atoms with Crippen LogP contribution in [0.5, 0.6) is 11.6 Å². The molecule has 0 fully saturated rings. The lowest BCUT2D eigenvalue weighted by Gasteiger charge is -2.07. The number of nitrogens with two attached hydrogens (primary N) is 1. The summed E-state index contributed by atoms with van der Waals surface area (Å²) >= 11 is 0. The zero-order valence-corrected chi connectivity index (χ0v) is 9.38. The first-order valence-corrected chi connectivity index (χ1v) is 5.16. The van der Waals surface area contributed by atoms with Crippen molar-refractivity contribution >= 4 is 5.91 Å². The number of hydrogen-bond acceptors (Lipinski definition) is 3. The van der Waals surface area contributed by atoms with Crippen LogP contribution in [-0.4, -0.2) is 10.9 Å². The Balaban J connectivity index is 2.20. The molecule has 1 heterocycles. The predicted octanol–water partition coefficient (Wildman–Crippen LogP) is 2.28. The Labute approximate surface area is 99.1 Å². The molecule has 0 saturated carbocycles. The first kappa shape index (κ1) is 11.1. The third-order valence-corrected chi connectivity index (χ3v) is 2.33. The van der Waals surface area contributed by atoms with Gasteiger partial charge in [0.05, 0.1) is 5.56 Å². The number of amides is 1. The molecule has 0 saturated heterocycles. The highest BCUT2D eigenvalue weighted by Gasteiger charge is 2.03. The maximum Gasteiger partial charge on any atom is 0.250 e. The zero-order valence-electron chi connectivity index (χ0n) is 9.38. The lowest BCUT2D eigenvalue weighted by molar-refractivity contribution is 0.1000. The molecule has 0 aliphatic rings. The van der Waals surface area contributed by atoms with E-state index >= 15 is 0 Å². The molecule has 2 aromatic rings. The molecule has 0 spiro atoms. The number of rotatable bonds is 3. The fourth-order valence-electron chi connectivity index (χ4n) is 1.37. The van der Waals surface area contributed by atoms with Crippen LogP contribution in [0.3, 0.4) is 0 Å². The van der Waals surface area contributed by atoms with Gasteiger partial charge in [0.25, 0.3) is 0 Å². The van der Waals surface area contributed by atoms with Gasteiger partial charge >= 0.3 is 0 Å². The average Bonchev–Trinajstić information content (AvgIpc) is 2.33. The van der Waals surface area contributed by atoms with E-state index in [2.05, 4.69) is 4.98 Å². The summed E-state index contributed by atoms with van der Waals surface area (Å²) in [6.45, 7) is 1.95. The average molecular weight is 228 g/mol. The lowest BCUT2D eigenvalue weighted by Crippen LogP contribution is -2.10. The highest BCUT2D eigenvalue weighted by Crippen LogP contribution is 2.22. The molecule has 1 aromatic heterocycles. The number of pyridine rings is 1. The summed E-state index contributed by atoms with van der Waals surface area (Å²) in [5.41, 5.74) is 6.51. The number of para-hydroxylation sites is 1. The van der Waals surface area contributed by atoms with Gasteiger partial charge in [0.15, 0.2) is 0 Å². The summed E-state index contributed by atoms with van der Waals surface area (Å²) in [6.07, 6.45) is 1.40. The van der Waals surface area contributed by atoms with Crippen LogP contribution in [0.2, 0.25) is 0 Å². The Morgan fingerprint density at radius 3 is 2.59 bits per heavy atom. The quantitative estimate of drug-likeness (QED) is 0.876. The number of hydrogen-bond donors (Lipinski definition) is 1. The van der Waals surface area contributed by atoms with Crippen LogP contribution in [0.1, 0.15) is 15.9 Å². The van der Waals surface area contributed by atoms with E-state index < -0.39 is 5.91 Å². The molecular weight excluding hydrogens is 216 g/mol. The second kappa shape index (κ2) is 4.65. The maximum atomic E-state index is 10.9. The normalized spacial score (nSPS) is 9.94. The molecule has 0 unspecified atom stereocenters. The maximum absolute atomic E-state index is 10.9. The van der Waals surface area contributed by atoms with Gasteiger partial charge in [-0.2, -0.15) is 0 Å². The SMILES string of the molecule is Cc1ccccc1Oc1ccc(C(N)=O)cn1. The highest BCUT2D eigenvalue weighted by molar-refractivity contribution is 5.92. The molecule has 1 aromatic carbocycles. The molecule has 4 heteroatoms. The van der Waals surface area contributed by atoms with E-state index in [1.165, 1.54) is 6.20 Å². The number of aromatic nitrogens is 1. The second-order valence-corrected chi connectivity index (χ2v) is 3.62. The van der Waals surface area contributed by atoms with Gasteiger partial charge in [-0.1, -0.05) is 18.2 Å². The highest BCUT2D eigenvalue weighted by atomic mass is 16.5. The number of benzene rings is 1. The summed E-state index contributed by atoms with van der Waals surface area (Å²) in [4.78, 5) is 14.9. The Hall–Kier alpha value is -2.36. The molecule has 2 N–H and O–H groups in total. The summed E-state index contributed by atoms with van der Waals surface area (Å²) in [6, 6.07) is 10.8. The van der Waals surface area contributed by atoms with E-state index in [0.29, 0.717) is 11.4 Å². The predicted molar refractivity (Wildman–Crippen MR) is 64.0 cm³/mol. The minimum absolute atomic E-state index is 0.363. The summed E-state index contributed by atoms with van der Waals surface area (Å²) in [5, 5.41) is 0. The second-order valence-electron chi connectivity index (χ2n) is 3.62. The van der Waals surface area contributed by atoms with E-state index in [1.807, 2.05) is 31.2 Å². The molecule has 17 heavy (non-hydrogen) atoms. The van der Waals surface area contributed by atoms with Crippen molar-refractivity contribution in [1.29, 1.82) is 0 Å². The number of aryl methyl sites for hydroxylation is 1. The van der Waals surface area contributed by atoms with Crippen molar-refractivity contribution in [1.82, 2.24) is 4.98 Å². The van der Waals surface area contributed by atoms with Gasteiger partial charge in [0, 0.05) is 12.3 Å². The van der Waals surface area contributed by atoms with Crippen LogP contribution in [-0.2, 0) is 0 Å². The Bertz CT molecular complexity index is 535. The van der Waals surface area contributed by atoms with Crippen molar-refractivity contribution in [3.05, 3.63) is 53.7 Å². The third-order valence-electron chi connectivity index (χ3n) is 2.33. The van der Waals surface area contributed by atoms with Gasteiger partial charge in [-0.3, -0.25) is 4.79 Å². The fraction of sp³-hybridized carbons (Fsp3) is 0.0769. The van der Waals surface area contributed by atoms with Crippen molar-refractivity contribution in [3.63, 3.8) is 0 Å². The number of ether oxygens (including phenoxy) is 1. The van der Waals surface area contributed by atoms with Crippen molar-refractivity contribution in [2.24, 2.45) is 5.73 Å². The van der Waals surface area contributed by atoms with Gasteiger partial charge in [0.2, 0.25) is 11.8 Å². The number of primary amides is 1. The third kappa shape index (κ3) is 2.60. The zero-order chi connectivity index (χ0) is 12.3. The Morgan fingerprint density at radius 2 is 2.00 bits per heavy atom. The largest absolute Gasteiger partial charge is 0.439 e. The topological polar surface area (TPSA) is 65.2 Å². The Morgan fingerprint density at radius 1 is 1.24 bits per heavy atom. The molecule has 0 radical (unpaired) electrons. The van der Waals surface area contributed by atoms with E-state index in [9.17, 15) is 4.79 Å². The summed E-state index contributed by atoms with van der Waals surface area (Å²) < 4.78 is 5.58. The van der Waals surface area contributed by atoms with Crippen LogP contribution in [0, 0.1) is 6.92 Å². The van der Waals surface area contributed by atoms with Gasteiger partial charge in [-0.15, -0.1) is 0 Å². The summed E-state index contributed by atoms with van der Waals surface area (Å²) in [7, 11) is 0. The minimum Gasteiger partial charge on any atom is -0.439 e. The van der Waals surface area contributed by atoms with Gasteiger partial charge in [-0.25, -0.2) is 4.98 Å². The van der Waals surface area contributed by atoms with Crippen molar-refractivity contribution in [2.45, 2.75) is 6.92 Å². The summed E-state index contributed by atoms with van der Waals surface area (Å²) in [5.74, 6) is 0.677. The smallest absolute Gasteiger partial charge is 0.250 e. The van der Waals surface area contributed by atoms with Gasteiger partial charge in [-0.05, 0) is 24.6 Å². The van der Waals surface area contributed by atoms with Gasteiger partial charge in [0.1, 0.15) is 5.75 Å².